The highest BCUT2D eigenvalue weighted by Crippen LogP contribution is 2.40. The molecule has 0 aliphatic carbocycles. The zero-order chi connectivity index (χ0) is 22.5. The van der Waals surface area contributed by atoms with E-state index in [9.17, 15) is 5.11 Å². The molecule has 1 fully saturated rings. The zero-order valence-electron chi connectivity index (χ0n) is 19.2. The van der Waals surface area contributed by atoms with Crippen molar-refractivity contribution in [1.29, 1.82) is 0 Å². The van der Waals surface area contributed by atoms with Crippen LogP contribution in [0.1, 0.15) is 19.3 Å². The van der Waals surface area contributed by atoms with E-state index in [2.05, 4.69) is 23.1 Å². The van der Waals surface area contributed by atoms with Crippen LogP contribution in [0.2, 0.25) is 0 Å². The van der Waals surface area contributed by atoms with E-state index in [0.29, 0.717) is 6.61 Å². The third-order valence-corrected chi connectivity index (χ3v) is 6.21. The van der Waals surface area contributed by atoms with E-state index in [-0.39, 0.29) is 18.2 Å². The molecule has 0 aromatic heterocycles. The Balaban J connectivity index is 0.00000274. The molecule has 1 aliphatic heterocycles. The van der Waals surface area contributed by atoms with Gasteiger partial charge in [0.1, 0.15) is 29.6 Å². The van der Waals surface area contributed by atoms with Crippen molar-refractivity contribution >= 4 is 23.2 Å². The minimum atomic E-state index is 0. The normalized spacial score (nSPS) is 13.9. The maximum Gasteiger partial charge on any atom is 0.143 e. The number of fused-ring (bicyclic) bond motifs is 1. The topological polar surface area (TPSA) is 41.9 Å². The Morgan fingerprint density at radius 1 is 0.765 bits per heavy atom. The molecule has 34 heavy (non-hydrogen) atoms. The van der Waals surface area contributed by atoms with Gasteiger partial charge in [0.15, 0.2) is 0 Å². The molecule has 4 nitrogen and oxygen atoms in total. The van der Waals surface area contributed by atoms with Gasteiger partial charge in [-0.2, -0.15) is 0 Å². The fourth-order valence-electron chi connectivity index (χ4n) is 4.45. The first-order chi connectivity index (χ1) is 16.3. The molecule has 0 amide bonds. The third kappa shape index (κ3) is 5.64. The summed E-state index contributed by atoms with van der Waals surface area (Å²) in [6, 6.07) is 27.4. The fraction of sp³-hybridized carbons (Fsp3) is 0.241. The number of hydrogen-bond donors (Lipinski definition) is 1. The number of phenolic OH excluding ortho intramolecular Hbond substituents is 1. The van der Waals surface area contributed by atoms with E-state index in [0.717, 1.165) is 45.7 Å². The van der Waals surface area contributed by atoms with Crippen molar-refractivity contribution in [3.05, 3.63) is 84.9 Å². The second-order valence-electron chi connectivity index (χ2n) is 8.54. The molecule has 1 N–H and O–H groups in total. The van der Waals surface area contributed by atoms with Gasteiger partial charge >= 0.3 is 0 Å². The van der Waals surface area contributed by atoms with E-state index in [1.165, 1.54) is 32.4 Å². The maximum absolute atomic E-state index is 10.00. The maximum atomic E-state index is 10.00. The lowest BCUT2D eigenvalue weighted by atomic mass is 9.99. The van der Waals surface area contributed by atoms with E-state index in [4.69, 9.17) is 9.47 Å². The third-order valence-electron chi connectivity index (χ3n) is 6.21. The molecule has 4 aromatic carbocycles. The molecule has 0 saturated carbocycles. The van der Waals surface area contributed by atoms with E-state index >= 15 is 0 Å². The molecule has 0 spiro atoms. The fourth-order valence-corrected chi connectivity index (χ4v) is 4.45. The van der Waals surface area contributed by atoms with Crippen molar-refractivity contribution in [3.8, 4) is 34.1 Å². The van der Waals surface area contributed by atoms with Gasteiger partial charge in [0.25, 0.3) is 0 Å². The second kappa shape index (κ2) is 11.3. The van der Waals surface area contributed by atoms with Crippen LogP contribution < -0.4 is 9.47 Å². The van der Waals surface area contributed by atoms with E-state index in [1.807, 2.05) is 54.6 Å². The first kappa shape index (κ1) is 23.9. The monoisotopic (exact) mass is 475 g/mol. The second-order valence-corrected chi connectivity index (χ2v) is 8.54. The van der Waals surface area contributed by atoms with Crippen molar-refractivity contribution in [1.82, 2.24) is 4.90 Å². The summed E-state index contributed by atoms with van der Waals surface area (Å²) in [5, 5.41) is 12.1. The van der Waals surface area contributed by atoms with Gasteiger partial charge in [-0.15, -0.1) is 12.4 Å². The SMILES string of the molecule is Cl.Oc1cccc(-c2ccc3ccccc3c2Oc2ccc(OCCN3CCCCC3)cc2)c1. The van der Waals surface area contributed by atoms with Crippen molar-refractivity contribution in [3.63, 3.8) is 0 Å². The Bertz CT molecular complexity index is 1220. The summed E-state index contributed by atoms with van der Waals surface area (Å²) in [7, 11) is 0. The van der Waals surface area contributed by atoms with Crippen LogP contribution in [0.3, 0.4) is 0 Å². The van der Waals surface area contributed by atoms with Gasteiger partial charge in [-0.3, -0.25) is 4.90 Å². The molecule has 0 bridgehead atoms. The molecule has 0 radical (unpaired) electrons. The molecule has 0 unspecified atom stereocenters. The molecule has 4 aromatic rings. The summed E-state index contributed by atoms with van der Waals surface area (Å²) < 4.78 is 12.4. The van der Waals surface area contributed by atoms with Crippen LogP contribution in [0.4, 0.5) is 0 Å². The van der Waals surface area contributed by atoms with Crippen LogP contribution in [0, 0.1) is 0 Å². The Labute approximate surface area is 207 Å². The van der Waals surface area contributed by atoms with Crippen molar-refractivity contribution < 1.29 is 14.6 Å². The number of piperidine rings is 1. The molecular formula is C29H30ClNO3. The molecule has 5 rings (SSSR count). The first-order valence-corrected chi connectivity index (χ1v) is 11.7. The van der Waals surface area contributed by atoms with Gasteiger partial charge in [0.2, 0.25) is 0 Å². The van der Waals surface area contributed by atoms with Crippen molar-refractivity contribution in [2.75, 3.05) is 26.2 Å². The van der Waals surface area contributed by atoms with Gasteiger partial charge in [-0.25, -0.2) is 0 Å². The van der Waals surface area contributed by atoms with Crippen LogP contribution in [0.5, 0.6) is 23.0 Å². The number of rotatable bonds is 7. The highest BCUT2D eigenvalue weighted by Gasteiger charge is 2.13. The van der Waals surface area contributed by atoms with Gasteiger partial charge < -0.3 is 14.6 Å². The predicted molar refractivity (Wildman–Crippen MR) is 141 cm³/mol. The zero-order valence-corrected chi connectivity index (χ0v) is 20.0. The smallest absolute Gasteiger partial charge is 0.143 e. The van der Waals surface area contributed by atoms with Gasteiger partial charge in [-0.1, -0.05) is 48.9 Å². The van der Waals surface area contributed by atoms with Gasteiger partial charge in [0, 0.05) is 17.5 Å². The standard InChI is InChI=1S/C29H29NO3.ClH/c31-24-9-6-8-23(21-24)28-16-11-22-7-2-3-10-27(22)29(28)33-26-14-12-25(13-15-26)32-20-19-30-17-4-1-5-18-30;/h2-3,6-16,21,31H,1,4-5,17-20H2;1H. The lowest BCUT2D eigenvalue weighted by molar-refractivity contribution is 0.183. The average Bonchev–Trinajstić information content (AvgIpc) is 2.86. The largest absolute Gasteiger partial charge is 0.508 e. The van der Waals surface area contributed by atoms with Crippen LogP contribution in [0.25, 0.3) is 21.9 Å². The minimum absolute atomic E-state index is 0. The lowest BCUT2D eigenvalue weighted by Crippen LogP contribution is -2.33. The quantitative estimate of drug-likeness (QED) is 0.304. The Morgan fingerprint density at radius 2 is 1.53 bits per heavy atom. The number of aromatic hydroxyl groups is 1. The van der Waals surface area contributed by atoms with Crippen molar-refractivity contribution in [2.45, 2.75) is 19.3 Å². The molecule has 1 saturated heterocycles. The summed E-state index contributed by atoms with van der Waals surface area (Å²) in [6.45, 7) is 4.04. The van der Waals surface area contributed by atoms with Crippen LogP contribution >= 0.6 is 12.4 Å². The highest BCUT2D eigenvalue weighted by molar-refractivity contribution is 5.95. The number of hydrogen-bond acceptors (Lipinski definition) is 4. The molecule has 5 heteroatoms. The number of phenols is 1. The summed E-state index contributed by atoms with van der Waals surface area (Å²) in [5.41, 5.74) is 1.85. The number of ether oxygens (including phenoxy) is 2. The predicted octanol–water partition coefficient (Wildman–Crippen LogP) is 7.29. The minimum Gasteiger partial charge on any atom is -0.508 e. The van der Waals surface area contributed by atoms with Crippen LogP contribution in [-0.2, 0) is 0 Å². The molecule has 176 valence electrons. The first-order valence-electron chi connectivity index (χ1n) is 11.7. The molecule has 0 atom stereocenters. The average molecular weight is 476 g/mol. The lowest BCUT2D eigenvalue weighted by Gasteiger charge is -2.26. The molecular weight excluding hydrogens is 446 g/mol. The number of benzene rings is 4. The van der Waals surface area contributed by atoms with Gasteiger partial charge in [-0.05, 0) is 79.3 Å². The number of halogens is 1. The Hall–Kier alpha value is -3.21. The number of nitrogens with zero attached hydrogens (tertiary/aromatic N) is 1. The van der Waals surface area contributed by atoms with Crippen LogP contribution in [0.15, 0.2) is 84.9 Å². The van der Waals surface area contributed by atoms with E-state index < -0.39 is 0 Å². The Kier molecular flexibility index (Phi) is 7.94. The van der Waals surface area contributed by atoms with Crippen molar-refractivity contribution in [2.24, 2.45) is 0 Å². The summed E-state index contributed by atoms with van der Waals surface area (Å²) in [4.78, 5) is 2.48. The number of likely N-dealkylation sites (tertiary alicyclic amines) is 1. The highest BCUT2D eigenvalue weighted by atomic mass is 35.5. The van der Waals surface area contributed by atoms with E-state index in [1.54, 1.807) is 12.1 Å². The summed E-state index contributed by atoms with van der Waals surface area (Å²) in [5.74, 6) is 2.61. The Morgan fingerprint density at radius 3 is 2.32 bits per heavy atom. The summed E-state index contributed by atoms with van der Waals surface area (Å²) >= 11 is 0. The van der Waals surface area contributed by atoms with Gasteiger partial charge in [0.05, 0.1) is 0 Å². The summed E-state index contributed by atoms with van der Waals surface area (Å²) in [6.07, 6.45) is 3.94. The van der Waals surface area contributed by atoms with Crippen LogP contribution in [-0.4, -0.2) is 36.2 Å². The molecule has 1 aliphatic rings. The molecule has 1 heterocycles.